The van der Waals surface area contributed by atoms with E-state index in [1.54, 1.807) is 48.7 Å². The number of hydrogen-bond acceptors (Lipinski definition) is 6. The number of carbonyl (C=O) groups is 1. The largest absolute Gasteiger partial charge is 0.492 e. The molecule has 0 saturated heterocycles. The van der Waals surface area contributed by atoms with Gasteiger partial charge in [-0.15, -0.1) is 0 Å². The summed E-state index contributed by atoms with van der Waals surface area (Å²) in [5.74, 6) is 1.21. The van der Waals surface area contributed by atoms with E-state index < -0.39 is 6.03 Å². The summed E-state index contributed by atoms with van der Waals surface area (Å²) in [7, 11) is 0. The van der Waals surface area contributed by atoms with Crippen LogP contribution in [0, 0.1) is 17.1 Å². The van der Waals surface area contributed by atoms with Gasteiger partial charge in [-0.3, -0.25) is 4.98 Å². The fraction of sp³-hybridized carbons (Fsp3) is 0.233. The van der Waals surface area contributed by atoms with E-state index in [9.17, 15) is 14.4 Å². The molecule has 0 fully saturated rings. The van der Waals surface area contributed by atoms with Crippen LogP contribution in [0.25, 0.3) is 10.9 Å². The van der Waals surface area contributed by atoms with Crippen molar-refractivity contribution < 1.29 is 18.7 Å². The molecule has 10 heteroatoms. The first-order valence-electron chi connectivity index (χ1n) is 12.8. The summed E-state index contributed by atoms with van der Waals surface area (Å²) in [4.78, 5) is 19.0. The second-order valence-electron chi connectivity index (χ2n) is 8.73. The Bertz CT molecular complexity index is 1460. The standard InChI is InChI=1S/C30H30FN5O3.Na/c1-3-36(4-2)16-5-17-38-29-19-27-26(18-21(29)20-32)28(14-15-33-27)39-25-12-10-24(11-13-25)35-30(37)34-23-8-6-22(31)7-9-23;/h6-15,18-19H,3-5,16-17H2,1-2H3,(H2,34,35,37);. The summed E-state index contributed by atoms with van der Waals surface area (Å²) in [5.41, 5.74) is 2.09. The van der Waals surface area contributed by atoms with E-state index in [1.807, 2.05) is 0 Å². The number of urea groups is 1. The molecule has 0 spiro atoms. The summed E-state index contributed by atoms with van der Waals surface area (Å²) < 4.78 is 25.1. The van der Waals surface area contributed by atoms with Crippen molar-refractivity contribution in [2.45, 2.75) is 20.3 Å². The van der Waals surface area contributed by atoms with Gasteiger partial charge in [-0.1, -0.05) is 13.8 Å². The fourth-order valence-corrected chi connectivity index (χ4v) is 4.01. The van der Waals surface area contributed by atoms with E-state index in [0.717, 1.165) is 26.1 Å². The summed E-state index contributed by atoms with van der Waals surface area (Å²) in [6.45, 7) is 7.70. The van der Waals surface area contributed by atoms with Gasteiger partial charge in [0.15, 0.2) is 0 Å². The number of ether oxygens (including phenoxy) is 2. The van der Waals surface area contributed by atoms with Crippen LogP contribution in [-0.4, -0.2) is 71.7 Å². The van der Waals surface area contributed by atoms with Gasteiger partial charge in [-0.2, -0.15) is 5.26 Å². The third kappa shape index (κ3) is 8.41. The predicted molar refractivity (Wildman–Crippen MR) is 156 cm³/mol. The Balaban J connectivity index is 0.00000441. The van der Waals surface area contributed by atoms with Gasteiger partial charge < -0.3 is 25.0 Å². The van der Waals surface area contributed by atoms with E-state index in [-0.39, 0.29) is 35.4 Å². The smallest absolute Gasteiger partial charge is 0.323 e. The van der Waals surface area contributed by atoms with Crippen molar-refractivity contribution in [3.05, 3.63) is 84.3 Å². The molecule has 0 atom stereocenters. The van der Waals surface area contributed by atoms with Gasteiger partial charge in [0.1, 0.15) is 29.1 Å². The quantitative estimate of drug-likeness (QED) is 0.165. The molecule has 3 aromatic carbocycles. The summed E-state index contributed by atoms with van der Waals surface area (Å²) in [5, 5.41) is 15.8. The van der Waals surface area contributed by atoms with Gasteiger partial charge in [0.25, 0.3) is 0 Å². The molecule has 0 aliphatic rings. The molecule has 0 aliphatic carbocycles. The molecule has 4 rings (SSSR count). The number of halogens is 1. The third-order valence-corrected chi connectivity index (χ3v) is 6.14. The number of rotatable bonds is 11. The first kappa shape index (κ1) is 30.9. The van der Waals surface area contributed by atoms with Gasteiger partial charge in [0.2, 0.25) is 0 Å². The molecule has 4 aromatic rings. The van der Waals surface area contributed by atoms with E-state index in [1.165, 1.54) is 24.3 Å². The van der Waals surface area contributed by atoms with Crippen molar-refractivity contribution in [3.63, 3.8) is 0 Å². The van der Waals surface area contributed by atoms with Crippen LogP contribution in [0.1, 0.15) is 25.8 Å². The number of carbonyl (C=O) groups excluding carboxylic acids is 1. The minimum Gasteiger partial charge on any atom is -0.492 e. The zero-order valence-corrected chi connectivity index (χ0v) is 24.9. The van der Waals surface area contributed by atoms with Crippen LogP contribution in [0.2, 0.25) is 0 Å². The minimum atomic E-state index is -0.453. The Kier molecular flexibility index (Phi) is 11.7. The summed E-state index contributed by atoms with van der Waals surface area (Å²) in [6, 6.07) is 19.3. The topological polar surface area (TPSA) is 99.5 Å². The maximum Gasteiger partial charge on any atom is 0.323 e. The number of pyridine rings is 1. The normalized spacial score (nSPS) is 10.5. The molecular formula is C30H30FN5NaO3. The van der Waals surface area contributed by atoms with Crippen LogP contribution in [-0.2, 0) is 0 Å². The third-order valence-electron chi connectivity index (χ3n) is 6.14. The Morgan fingerprint density at radius 2 is 1.62 bits per heavy atom. The van der Waals surface area contributed by atoms with Crippen molar-refractivity contribution in [2.24, 2.45) is 0 Å². The first-order chi connectivity index (χ1) is 19.0. The first-order valence-corrected chi connectivity index (χ1v) is 12.8. The summed E-state index contributed by atoms with van der Waals surface area (Å²) >= 11 is 0. The number of anilines is 2. The van der Waals surface area contributed by atoms with E-state index in [0.29, 0.717) is 51.7 Å². The number of nitrogens with one attached hydrogen (secondary N) is 2. The SMILES string of the molecule is CCN(CC)CCCOc1cc2nccc(Oc3ccc(NC(=O)Nc4ccc(F)cc4)cc3)c2cc1C#N.[Na]. The Morgan fingerprint density at radius 1 is 0.975 bits per heavy atom. The maximum atomic E-state index is 13.0. The molecule has 1 radical (unpaired) electrons. The van der Waals surface area contributed by atoms with Gasteiger partial charge in [0.05, 0.1) is 17.7 Å². The minimum absolute atomic E-state index is 0. The second kappa shape index (κ2) is 15.2. The van der Waals surface area contributed by atoms with Crippen LogP contribution < -0.4 is 20.1 Å². The van der Waals surface area contributed by atoms with Gasteiger partial charge >= 0.3 is 6.03 Å². The molecule has 0 aliphatic heterocycles. The van der Waals surface area contributed by atoms with Crippen molar-refractivity contribution in [1.82, 2.24) is 9.88 Å². The number of benzene rings is 3. The van der Waals surface area contributed by atoms with Crippen LogP contribution >= 0.6 is 0 Å². The number of aromatic nitrogens is 1. The molecule has 1 aromatic heterocycles. The zero-order valence-electron chi connectivity index (χ0n) is 22.9. The Labute approximate surface area is 255 Å². The van der Waals surface area contributed by atoms with Gasteiger partial charge in [-0.05, 0) is 80.2 Å². The molecule has 0 bridgehead atoms. The zero-order chi connectivity index (χ0) is 27.6. The van der Waals surface area contributed by atoms with Crippen molar-refractivity contribution in [2.75, 3.05) is 36.9 Å². The van der Waals surface area contributed by atoms with Crippen LogP contribution in [0.4, 0.5) is 20.6 Å². The average Bonchev–Trinajstić information content (AvgIpc) is 2.95. The van der Waals surface area contributed by atoms with E-state index >= 15 is 0 Å². The van der Waals surface area contributed by atoms with Crippen LogP contribution in [0.15, 0.2) is 72.9 Å². The molecular weight excluding hydrogens is 520 g/mol. The molecule has 40 heavy (non-hydrogen) atoms. The molecule has 2 amide bonds. The second-order valence-corrected chi connectivity index (χ2v) is 8.73. The van der Waals surface area contributed by atoms with Gasteiger partial charge in [0, 0.05) is 65.1 Å². The van der Waals surface area contributed by atoms with Crippen LogP contribution in [0.5, 0.6) is 17.2 Å². The molecule has 0 saturated carbocycles. The molecule has 201 valence electrons. The Hall–Kier alpha value is -3.68. The molecule has 8 nitrogen and oxygen atoms in total. The van der Waals surface area contributed by atoms with E-state index in [4.69, 9.17) is 9.47 Å². The molecule has 2 N–H and O–H groups in total. The number of hydrogen-bond donors (Lipinski definition) is 2. The predicted octanol–water partition coefficient (Wildman–Crippen LogP) is 6.41. The molecule has 0 unspecified atom stereocenters. The fourth-order valence-electron chi connectivity index (χ4n) is 4.01. The number of nitriles is 1. The van der Waals surface area contributed by atoms with Crippen molar-refractivity contribution >= 4 is 57.9 Å². The average molecular weight is 551 g/mol. The van der Waals surface area contributed by atoms with Crippen molar-refractivity contribution in [3.8, 4) is 23.3 Å². The van der Waals surface area contributed by atoms with E-state index in [2.05, 4.69) is 40.4 Å². The Morgan fingerprint density at radius 3 is 2.25 bits per heavy atom. The van der Waals surface area contributed by atoms with Gasteiger partial charge in [-0.25, -0.2) is 9.18 Å². The molecule has 1 heterocycles. The number of nitrogens with zero attached hydrogens (tertiary/aromatic N) is 3. The monoisotopic (exact) mass is 550 g/mol. The summed E-state index contributed by atoms with van der Waals surface area (Å²) in [6.07, 6.45) is 2.50. The van der Waals surface area contributed by atoms with Crippen molar-refractivity contribution in [1.29, 1.82) is 5.26 Å². The number of fused-ring (bicyclic) bond motifs is 1. The maximum absolute atomic E-state index is 13.0. The van der Waals surface area contributed by atoms with Crippen LogP contribution in [0.3, 0.4) is 0 Å². The number of amides is 2.